The molecule has 10 heteroatoms. The highest BCUT2D eigenvalue weighted by Gasteiger charge is 2.21. The first-order chi connectivity index (χ1) is 12.4. The van der Waals surface area contributed by atoms with Gasteiger partial charge in [-0.2, -0.15) is 0 Å². The maximum Gasteiger partial charge on any atom is 0.332 e. The largest absolute Gasteiger partial charge is 0.467 e. The van der Waals surface area contributed by atoms with Gasteiger partial charge < -0.3 is 9.47 Å². The highest BCUT2D eigenvalue weighted by atomic mass is 79.9. The van der Waals surface area contributed by atoms with E-state index < -0.39 is 11.2 Å². The molecule has 3 heterocycles. The average Bonchev–Trinajstić information content (AvgIpc) is 2.94. The van der Waals surface area contributed by atoms with Gasteiger partial charge in [0, 0.05) is 30.2 Å². The molecule has 0 saturated carbocycles. The molecule has 8 nitrogen and oxygen atoms in total. The zero-order chi connectivity index (χ0) is 18.6. The maximum absolute atomic E-state index is 12.4. The fourth-order valence-electron chi connectivity index (χ4n) is 3.15. The van der Waals surface area contributed by atoms with Crippen molar-refractivity contribution >= 4 is 38.7 Å². The molecule has 4 rings (SSSR count). The van der Waals surface area contributed by atoms with Gasteiger partial charge in [0.1, 0.15) is 5.75 Å². The van der Waals surface area contributed by atoms with Crippen LogP contribution in [0.25, 0.3) is 11.2 Å². The maximum atomic E-state index is 12.4. The van der Waals surface area contributed by atoms with Crippen LogP contribution in [0.2, 0.25) is 5.02 Å². The van der Waals surface area contributed by atoms with Crippen LogP contribution in [0.1, 0.15) is 11.1 Å². The van der Waals surface area contributed by atoms with E-state index in [1.807, 2.05) is 0 Å². The molecule has 1 aliphatic rings. The Morgan fingerprint density at radius 3 is 2.81 bits per heavy atom. The van der Waals surface area contributed by atoms with Crippen LogP contribution in [0.15, 0.2) is 26.5 Å². The van der Waals surface area contributed by atoms with Gasteiger partial charge in [-0.25, -0.2) is 9.78 Å². The molecular weight excluding hydrogens is 428 g/mol. The van der Waals surface area contributed by atoms with Gasteiger partial charge in [0.2, 0.25) is 0 Å². The van der Waals surface area contributed by atoms with Gasteiger partial charge in [0.25, 0.3) is 5.56 Å². The molecule has 136 valence electrons. The van der Waals surface area contributed by atoms with Crippen molar-refractivity contribution in [3.05, 3.63) is 53.9 Å². The summed E-state index contributed by atoms with van der Waals surface area (Å²) in [5, 5.41) is 0.554. The lowest BCUT2D eigenvalue weighted by molar-refractivity contribution is -0.0170. The van der Waals surface area contributed by atoms with Crippen molar-refractivity contribution in [3.63, 3.8) is 0 Å². The minimum Gasteiger partial charge on any atom is -0.467 e. The zero-order valence-corrected chi connectivity index (χ0v) is 16.3. The summed E-state index contributed by atoms with van der Waals surface area (Å²) in [6, 6.07) is 3.59. The predicted octanol–water partition coefficient (Wildman–Crippen LogP) is 1.76. The molecule has 0 aliphatic carbocycles. The van der Waals surface area contributed by atoms with Crippen LogP contribution in [0, 0.1) is 0 Å². The van der Waals surface area contributed by atoms with Crippen LogP contribution in [0.4, 0.5) is 0 Å². The summed E-state index contributed by atoms with van der Waals surface area (Å²) in [6.07, 6.45) is 0. The highest BCUT2D eigenvalue weighted by molar-refractivity contribution is 9.10. The number of ether oxygens (including phenoxy) is 2. The SMILES string of the molecule is Cn1c(=O)c2nc(Br)n(Cc3cc(Cl)cc4c3OCOC4)c2n(C)c1=O. The third kappa shape index (κ3) is 2.58. The molecule has 0 bridgehead atoms. The van der Waals surface area contributed by atoms with Crippen LogP contribution in [-0.4, -0.2) is 25.5 Å². The molecule has 1 aliphatic heterocycles. The molecule has 0 fully saturated rings. The third-order valence-corrected chi connectivity index (χ3v) is 5.20. The summed E-state index contributed by atoms with van der Waals surface area (Å²) in [6.45, 7) is 0.890. The van der Waals surface area contributed by atoms with Crippen molar-refractivity contribution in [2.45, 2.75) is 13.2 Å². The Hall–Kier alpha value is -2.10. The normalized spacial score (nSPS) is 13.7. The summed E-state index contributed by atoms with van der Waals surface area (Å²) < 4.78 is 15.6. The average molecular weight is 442 g/mol. The van der Waals surface area contributed by atoms with Crippen molar-refractivity contribution in [3.8, 4) is 5.75 Å². The lowest BCUT2D eigenvalue weighted by atomic mass is 10.1. The smallest absolute Gasteiger partial charge is 0.332 e. The van der Waals surface area contributed by atoms with Gasteiger partial charge in [0.15, 0.2) is 22.7 Å². The number of hydrogen-bond donors (Lipinski definition) is 0. The number of nitrogens with zero attached hydrogens (tertiary/aromatic N) is 4. The van der Waals surface area contributed by atoms with Gasteiger partial charge in [-0.15, -0.1) is 0 Å². The minimum absolute atomic E-state index is 0.159. The highest BCUT2D eigenvalue weighted by Crippen LogP contribution is 2.33. The van der Waals surface area contributed by atoms with Gasteiger partial charge in [-0.05, 0) is 28.1 Å². The summed E-state index contributed by atoms with van der Waals surface area (Å²) >= 11 is 9.62. The first kappa shape index (κ1) is 17.3. The monoisotopic (exact) mass is 440 g/mol. The Labute approximate surface area is 160 Å². The van der Waals surface area contributed by atoms with Crippen molar-refractivity contribution in [2.24, 2.45) is 14.1 Å². The molecule has 0 spiro atoms. The molecule has 0 saturated heterocycles. The molecule has 0 unspecified atom stereocenters. The second-order valence-corrected chi connectivity index (χ2v) is 7.15. The van der Waals surface area contributed by atoms with Crippen LogP contribution in [0.3, 0.4) is 0 Å². The van der Waals surface area contributed by atoms with Crippen LogP contribution in [0.5, 0.6) is 5.75 Å². The van der Waals surface area contributed by atoms with E-state index in [9.17, 15) is 9.59 Å². The number of rotatable bonds is 2. The van der Waals surface area contributed by atoms with E-state index in [1.165, 1.54) is 11.6 Å². The molecule has 0 amide bonds. The molecule has 0 radical (unpaired) electrons. The predicted molar refractivity (Wildman–Crippen MR) is 98.8 cm³/mol. The summed E-state index contributed by atoms with van der Waals surface area (Å²) in [5.41, 5.74) is 1.43. The van der Waals surface area contributed by atoms with Crippen molar-refractivity contribution in [1.29, 1.82) is 0 Å². The number of fused-ring (bicyclic) bond motifs is 2. The fraction of sp³-hybridized carbons (Fsp3) is 0.312. The summed E-state index contributed by atoms with van der Waals surface area (Å²) in [7, 11) is 3.03. The molecule has 0 atom stereocenters. The Bertz CT molecular complexity index is 1160. The Morgan fingerprint density at radius 2 is 2.04 bits per heavy atom. The van der Waals surface area contributed by atoms with E-state index in [2.05, 4.69) is 20.9 Å². The number of imidazole rings is 1. The number of halogens is 2. The van der Waals surface area contributed by atoms with Gasteiger partial charge >= 0.3 is 5.69 Å². The first-order valence-corrected chi connectivity index (χ1v) is 8.89. The second kappa shape index (κ2) is 6.26. The van der Waals surface area contributed by atoms with Gasteiger partial charge in [0.05, 0.1) is 13.2 Å². The second-order valence-electron chi connectivity index (χ2n) is 6.01. The first-order valence-electron chi connectivity index (χ1n) is 7.72. The minimum atomic E-state index is -0.444. The van der Waals surface area contributed by atoms with Gasteiger partial charge in [-0.1, -0.05) is 11.6 Å². The van der Waals surface area contributed by atoms with E-state index in [0.717, 1.165) is 15.7 Å². The molecule has 0 N–H and O–H groups in total. The Morgan fingerprint density at radius 1 is 1.27 bits per heavy atom. The summed E-state index contributed by atoms with van der Waals surface area (Å²) in [4.78, 5) is 29.0. The van der Waals surface area contributed by atoms with E-state index in [1.54, 1.807) is 23.7 Å². The van der Waals surface area contributed by atoms with E-state index in [-0.39, 0.29) is 12.3 Å². The molecule has 1 aromatic carbocycles. The van der Waals surface area contributed by atoms with E-state index in [4.69, 9.17) is 21.1 Å². The molecule has 3 aromatic rings. The number of aryl methyl sites for hydroxylation is 1. The third-order valence-electron chi connectivity index (χ3n) is 4.37. The van der Waals surface area contributed by atoms with Crippen molar-refractivity contribution in [2.75, 3.05) is 6.79 Å². The van der Waals surface area contributed by atoms with Crippen LogP contribution >= 0.6 is 27.5 Å². The molecular formula is C16H14BrClN4O4. The number of benzene rings is 1. The standard InChI is InChI=1S/C16H14BrClN4O4/c1-20-13-11(14(23)21(2)16(20)24)19-15(17)22(13)5-8-3-10(18)4-9-6-25-7-26-12(8)9/h3-4H,5-7H2,1-2H3. The molecule has 26 heavy (non-hydrogen) atoms. The van der Waals surface area contributed by atoms with Crippen LogP contribution < -0.4 is 16.0 Å². The molecule has 2 aromatic heterocycles. The number of aromatic nitrogens is 4. The van der Waals surface area contributed by atoms with E-state index >= 15 is 0 Å². The van der Waals surface area contributed by atoms with Crippen molar-refractivity contribution < 1.29 is 9.47 Å². The Balaban J connectivity index is 1.95. The summed E-state index contributed by atoms with van der Waals surface area (Å²) in [5.74, 6) is 0.697. The van der Waals surface area contributed by atoms with Crippen molar-refractivity contribution in [1.82, 2.24) is 18.7 Å². The fourth-order valence-corrected chi connectivity index (χ4v) is 3.88. The van der Waals surface area contributed by atoms with E-state index in [0.29, 0.717) is 34.3 Å². The Kier molecular flexibility index (Phi) is 4.17. The zero-order valence-electron chi connectivity index (χ0n) is 14.0. The quantitative estimate of drug-likeness (QED) is 0.566. The van der Waals surface area contributed by atoms with Gasteiger partial charge in [-0.3, -0.25) is 18.5 Å². The lowest BCUT2D eigenvalue weighted by Gasteiger charge is -2.21. The number of hydrogen-bond acceptors (Lipinski definition) is 5. The lowest BCUT2D eigenvalue weighted by Crippen LogP contribution is -2.37. The van der Waals surface area contributed by atoms with Crippen LogP contribution in [-0.2, 0) is 32.0 Å². The topological polar surface area (TPSA) is 80.3 Å².